The zero-order valence-corrected chi connectivity index (χ0v) is 10.5. The Labute approximate surface area is 110 Å². The number of hydrogen-bond acceptors (Lipinski definition) is 2. The van der Waals surface area contributed by atoms with Crippen molar-refractivity contribution < 1.29 is 4.79 Å². The van der Waals surface area contributed by atoms with Crippen molar-refractivity contribution in [3.63, 3.8) is 0 Å². The summed E-state index contributed by atoms with van der Waals surface area (Å²) in [6, 6.07) is 14.3. The first kappa shape index (κ1) is 11.2. The number of fused-ring (bicyclic) bond motifs is 1. The van der Waals surface area contributed by atoms with E-state index in [4.69, 9.17) is 12.2 Å². The van der Waals surface area contributed by atoms with Gasteiger partial charge in [0.2, 0.25) is 5.91 Å². The molecule has 0 aliphatic carbocycles. The van der Waals surface area contributed by atoms with E-state index in [1.807, 2.05) is 29.2 Å². The second-order valence-corrected chi connectivity index (χ2v) is 4.64. The highest BCUT2D eigenvalue weighted by Gasteiger charge is 2.22. The van der Waals surface area contributed by atoms with Gasteiger partial charge in [-0.3, -0.25) is 4.79 Å². The van der Waals surface area contributed by atoms with Crippen LogP contribution in [-0.4, -0.2) is 17.6 Å². The van der Waals surface area contributed by atoms with Crippen LogP contribution in [0.25, 0.3) is 10.8 Å². The van der Waals surface area contributed by atoms with Gasteiger partial charge in [-0.2, -0.15) is 0 Å². The number of nitrogens with one attached hydrogen (secondary N) is 1. The maximum atomic E-state index is 11.3. The number of carbonyl (C=O) groups is 1. The van der Waals surface area contributed by atoms with Crippen LogP contribution in [0.1, 0.15) is 6.42 Å². The van der Waals surface area contributed by atoms with Crippen LogP contribution in [0.15, 0.2) is 42.5 Å². The molecule has 0 aromatic heterocycles. The first-order valence-electron chi connectivity index (χ1n) is 5.85. The van der Waals surface area contributed by atoms with Crippen molar-refractivity contribution in [2.24, 2.45) is 0 Å². The smallest absolute Gasteiger partial charge is 0.227 e. The molecule has 1 amide bonds. The number of thiocarbonyl (C=S) groups is 1. The average molecular weight is 256 g/mol. The zero-order valence-electron chi connectivity index (χ0n) is 9.72. The Kier molecular flexibility index (Phi) is 2.72. The molecule has 1 fully saturated rings. The third-order valence-corrected chi connectivity index (χ3v) is 3.43. The van der Waals surface area contributed by atoms with E-state index < -0.39 is 0 Å². The minimum Gasteiger partial charge on any atom is -0.318 e. The Balaban J connectivity index is 2.09. The quantitative estimate of drug-likeness (QED) is 0.795. The topological polar surface area (TPSA) is 32.3 Å². The maximum absolute atomic E-state index is 11.3. The van der Waals surface area contributed by atoms with Gasteiger partial charge in [0.1, 0.15) is 0 Å². The molecular formula is C14H12N2OS. The average Bonchev–Trinajstić information content (AvgIpc) is 2.38. The summed E-state index contributed by atoms with van der Waals surface area (Å²) in [6.45, 7) is 0.638. The second kappa shape index (κ2) is 4.38. The Morgan fingerprint density at radius 2 is 1.89 bits per heavy atom. The fourth-order valence-corrected chi connectivity index (χ4v) is 2.54. The monoisotopic (exact) mass is 256 g/mol. The molecule has 1 saturated heterocycles. The molecular weight excluding hydrogens is 244 g/mol. The van der Waals surface area contributed by atoms with E-state index in [1.165, 1.54) is 5.39 Å². The lowest BCUT2D eigenvalue weighted by molar-refractivity contribution is -0.119. The molecule has 4 heteroatoms. The lowest BCUT2D eigenvalue weighted by atomic mass is 10.1. The van der Waals surface area contributed by atoms with Gasteiger partial charge in [0.15, 0.2) is 5.11 Å². The van der Waals surface area contributed by atoms with Gasteiger partial charge in [0.05, 0.1) is 5.69 Å². The Morgan fingerprint density at radius 1 is 1.11 bits per heavy atom. The first-order valence-corrected chi connectivity index (χ1v) is 6.25. The number of rotatable bonds is 1. The summed E-state index contributed by atoms with van der Waals surface area (Å²) in [4.78, 5) is 13.3. The van der Waals surface area contributed by atoms with Crippen LogP contribution in [0.5, 0.6) is 0 Å². The van der Waals surface area contributed by atoms with E-state index in [0.29, 0.717) is 18.1 Å². The Morgan fingerprint density at radius 3 is 2.72 bits per heavy atom. The molecule has 2 aromatic rings. The van der Waals surface area contributed by atoms with Crippen LogP contribution in [-0.2, 0) is 4.79 Å². The minimum absolute atomic E-state index is 0.00325. The normalized spacial score (nSPS) is 15.9. The first-order chi connectivity index (χ1) is 8.75. The van der Waals surface area contributed by atoms with Crippen molar-refractivity contribution in [2.75, 3.05) is 11.4 Å². The summed E-state index contributed by atoms with van der Waals surface area (Å²) in [7, 11) is 0. The maximum Gasteiger partial charge on any atom is 0.227 e. The molecule has 1 heterocycles. The van der Waals surface area contributed by atoms with Crippen molar-refractivity contribution in [1.29, 1.82) is 0 Å². The zero-order chi connectivity index (χ0) is 12.5. The summed E-state index contributed by atoms with van der Waals surface area (Å²) >= 11 is 5.24. The van der Waals surface area contributed by atoms with Gasteiger partial charge in [0.25, 0.3) is 0 Å². The fourth-order valence-electron chi connectivity index (χ4n) is 2.24. The van der Waals surface area contributed by atoms with Crippen molar-refractivity contribution in [3.8, 4) is 0 Å². The van der Waals surface area contributed by atoms with Gasteiger partial charge in [0, 0.05) is 18.4 Å². The van der Waals surface area contributed by atoms with E-state index in [2.05, 4.69) is 23.5 Å². The summed E-state index contributed by atoms with van der Waals surface area (Å²) in [6.07, 6.45) is 0.476. The lowest BCUT2D eigenvalue weighted by Crippen LogP contribution is -2.49. The fraction of sp³-hybridized carbons (Fsp3) is 0.143. The molecule has 2 aromatic carbocycles. The Hall–Kier alpha value is -1.94. The number of benzene rings is 2. The molecule has 3 rings (SSSR count). The third-order valence-electron chi connectivity index (χ3n) is 3.11. The van der Waals surface area contributed by atoms with Crippen LogP contribution in [0.3, 0.4) is 0 Å². The van der Waals surface area contributed by atoms with E-state index in [0.717, 1.165) is 11.1 Å². The van der Waals surface area contributed by atoms with Gasteiger partial charge in [-0.1, -0.05) is 36.4 Å². The molecule has 0 spiro atoms. The molecule has 18 heavy (non-hydrogen) atoms. The largest absolute Gasteiger partial charge is 0.318 e. The second-order valence-electron chi connectivity index (χ2n) is 4.25. The molecule has 0 saturated carbocycles. The van der Waals surface area contributed by atoms with Crippen molar-refractivity contribution in [2.45, 2.75) is 6.42 Å². The van der Waals surface area contributed by atoms with E-state index in [-0.39, 0.29) is 5.91 Å². The van der Waals surface area contributed by atoms with E-state index >= 15 is 0 Å². The number of nitrogens with zero attached hydrogens (tertiary/aromatic N) is 1. The molecule has 1 N–H and O–H groups in total. The lowest BCUT2D eigenvalue weighted by Gasteiger charge is -2.30. The molecule has 0 unspecified atom stereocenters. The molecule has 1 aliphatic heterocycles. The number of hydrogen-bond donors (Lipinski definition) is 1. The summed E-state index contributed by atoms with van der Waals surface area (Å²) in [5, 5.41) is 5.53. The molecule has 3 nitrogen and oxygen atoms in total. The highest BCUT2D eigenvalue weighted by atomic mass is 32.1. The molecule has 90 valence electrons. The summed E-state index contributed by atoms with van der Waals surface area (Å²) in [5.41, 5.74) is 1.05. The highest BCUT2D eigenvalue weighted by molar-refractivity contribution is 7.80. The van der Waals surface area contributed by atoms with E-state index in [1.54, 1.807) is 0 Å². The van der Waals surface area contributed by atoms with Crippen LogP contribution < -0.4 is 10.2 Å². The van der Waals surface area contributed by atoms with Gasteiger partial charge in [-0.05, 0) is 23.7 Å². The third kappa shape index (κ3) is 1.84. The number of carbonyl (C=O) groups excluding carboxylic acids is 1. The molecule has 0 radical (unpaired) electrons. The predicted molar refractivity (Wildman–Crippen MR) is 76.7 cm³/mol. The summed E-state index contributed by atoms with van der Waals surface area (Å²) < 4.78 is 0. The standard InChI is InChI=1S/C14H12N2OS/c17-13-8-9-16(14(18)15-13)12-7-3-5-10-4-1-2-6-11(10)12/h1-7H,8-9H2,(H,15,17,18). The van der Waals surface area contributed by atoms with Crippen molar-refractivity contribution in [1.82, 2.24) is 5.32 Å². The summed E-state index contributed by atoms with van der Waals surface area (Å²) in [5.74, 6) is -0.00325. The van der Waals surface area contributed by atoms with Gasteiger partial charge < -0.3 is 10.2 Å². The molecule has 0 atom stereocenters. The number of amides is 1. The van der Waals surface area contributed by atoms with Crippen molar-refractivity contribution in [3.05, 3.63) is 42.5 Å². The Bertz CT molecular complexity index is 633. The van der Waals surface area contributed by atoms with E-state index in [9.17, 15) is 4.79 Å². The van der Waals surface area contributed by atoms with Gasteiger partial charge in [-0.15, -0.1) is 0 Å². The predicted octanol–water partition coefficient (Wildman–Crippen LogP) is 2.45. The van der Waals surface area contributed by atoms with Crippen molar-refractivity contribution >= 4 is 39.7 Å². The minimum atomic E-state index is -0.00325. The molecule has 0 bridgehead atoms. The van der Waals surface area contributed by atoms with Crippen LogP contribution in [0.2, 0.25) is 0 Å². The molecule has 1 aliphatic rings. The SMILES string of the molecule is O=C1CCN(c2cccc3ccccc23)C(=S)N1. The highest BCUT2D eigenvalue weighted by Crippen LogP contribution is 2.27. The van der Waals surface area contributed by atoms with Gasteiger partial charge >= 0.3 is 0 Å². The van der Waals surface area contributed by atoms with Crippen LogP contribution in [0, 0.1) is 0 Å². The van der Waals surface area contributed by atoms with Crippen LogP contribution in [0.4, 0.5) is 5.69 Å². The van der Waals surface area contributed by atoms with Crippen LogP contribution >= 0.6 is 12.2 Å². The number of anilines is 1. The van der Waals surface area contributed by atoms with Gasteiger partial charge in [-0.25, -0.2) is 0 Å².